The first-order valence-corrected chi connectivity index (χ1v) is 5.55. The van der Waals surface area contributed by atoms with Crippen molar-refractivity contribution in [2.75, 3.05) is 7.11 Å². The van der Waals surface area contributed by atoms with Crippen molar-refractivity contribution in [2.45, 2.75) is 0 Å². The number of phenolic OH excluding ortho intramolecular Hbond substituents is 3. The normalized spacial score (nSPS) is 12.2. The molecule has 3 rings (SSSR count). The van der Waals surface area contributed by atoms with E-state index in [1.165, 1.54) is 25.3 Å². The van der Waals surface area contributed by atoms with Gasteiger partial charge in [0.1, 0.15) is 23.0 Å². The van der Waals surface area contributed by atoms with Gasteiger partial charge in [-0.25, -0.2) is 0 Å². The van der Waals surface area contributed by atoms with E-state index in [4.69, 9.17) is 4.74 Å². The summed E-state index contributed by atoms with van der Waals surface area (Å²) in [7, 11) is 1.41. The molecular formula is C14H10O5. The molecule has 2 aromatic carbocycles. The quantitative estimate of drug-likeness (QED) is 0.621. The lowest BCUT2D eigenvalue weighted by Crippen LogP contribution is -1.95. The Bertz CT molecular complexity index is 718. The molecule has 0 spiro atoms. The fourth-order valence-corrected chi connectivity index (χ4v) is 2.40. The van der Waals surface area contributed by atoms with Crippen molar-refractivity contribution in [1.29, 1.82) is 0 Å². The summed E-state index contributed by atoms with van der Waals surface area (Å²) in [6, 6.07) is 5.13. The monoisotopic (exact) mass is 258 g/mol. The SMILES string of the molecule is COc1cc(O)cc2c1-c1c(O)cc(O)cc1C2=O. The van der Waals surface area contributed by atoms with Gasteiger partial charge >= 0.3 is 0 Å². The molecule has 0 saturated carbocycles. The Labute approximate surface area is 108 Å². The van der Waals surface area contributed by atoms with Crippen molar-refractivity contribution in [3.8, 4) is 34.1 Å². The van der Waals surface area contributed by atoms with Gasteiger partial charge in [0.2, 0.25) is 0 Å². The molecule has 0 aliphatic heterocycles. The summed E-state index contributed by atoms with van der Waals surface area (Å²) in [5, 5.41) is 29.0. The van der Waals surface area contributed by atoms with Crippen LogP contribution in [0.5, 0.6) is 23.0 Å². The molecule has 0 radical (unpaired) electrons. The van der Waals surface area contributed by atoms with Crippen LogP contribution in [0.1, 0.15) is 15.9 Å². The Morgan fingerprint density at radius 3 is 2.11 bits per heavy atom. The van der Waals surface area contributed by atoms with E-state index in [-0.39, 0.29) is 34.2 Å². The molecular weight excluding hydrogens is 248 g/mol. The van der Waals surface area contributed by atoms with Crippen LogP contribution in [0.25, 0.3) is 11.1 Å². The first-order chi connectivity index (χ1) is 9.02. The third kappa shape index (κ3) is 1.45. The highest BCUT2D eigenvalue weighted by Gasteiger charge is 2.33. The number of aromatic hydroxyl groups is 3. The third-order valence-corrected chi connectivity index (χ3v) is 3.15. The van der Waals surface area contributed by atoms with Gasteiger partial charge < -0.3 is 20.1 Å². The van der Waals surface area contributed by atoms with Gasteiger partial charge in [-0.15, -0.1) is 0 Å². The topological polar surface area (TPSA) is 87.0 Å². The molecule has 0 amide bonds. The molecule has 0 atom stereocenters. The lowest BCUT2D eigenvalue weighted by Gasteiger charge is -2.09. The molecule has 0 unspecified atom stereocenters. The van der Waals surface area contributed by atoms with Crippen molar-refractivity contribution in [2.24, 2.45) is 0 Å². The van der Waals surface area contributed by atoms with Crippen LogP contribution in [0.4, 0.5) is 0 Å². The molecule has 2 aromatic rings. The Kier molecular flexibility index (Phi) is 2.19. The summed E-state index contributed by atoms with van der Waals surface area (Å²) in [5.41, 5.74) is 1.18. The minimum atomic E-state index is -0.370. The molecule has 0 bridgehead atoms. The molecule has 0 saturated heterocycles. The van der Waals surface area contributed by atoms with Gasteiger partial charge in [-0.1, -0.05) is 0 Å². The van der Waals surface area contributed by atoms with Crippen molar-refractivity contribution in [3.63, 3.8) is 0 Å². The highest BCUT2D eigenvalue weighted by atomic mass is 16.5. The molecule has 5 heteroatoms. The highest BCUT2D eigenvalue weighted by molar-refractivity contribution is 6.24. The summed E-state index contributed by atoms with van der Waals surface area (Å²) in [6.07, 6.45) is 0. The van der Waals surface area contributed by atoms with Gasteiger partial charge in [0.15, 0.2) is 5.78 Å². The minimum absolute atomic E-state index is 0.0968. The van der Waals surface area contributed by atoms with Gasteiger partial charge in [-0.2, -0.15) is 0 Å². The van der Waals surface area contributed by atoms with Crippen molar-refractivity contribution >= 4 is 5.78 Å². The van der Waals surface area contributed by atoms with Gasteiger partial charge in [0.05, 0.1) is 7.11 Å². The van der Waals surface area contributed by atoms with Crippen LogP contribution < -0.4 is 4.74 Å². The van der Waals surface area contributed by atoms with E-state index in [2.05, 4.69) is 0 Å². The fourth-order valence-electron chi connectivity index (χ4n) is 2.40. The van der Waals surface area contributed by atoms with E-state index in [0.29, 0.717) is 16.9 Å². The van der Waals surface area contributed by atoms with E-state index in [0.717, 1.165) is 6.07 Å². The van der Waals surface area contributed by atoms with Crippen LogP contribution in [0.2, 0.25) is 0 Å². The number of hydrogen-bond donors (Lipinski definition) is 3. The number of ketones is 1. The number of carbonyl (C=O) groups is 1. The predicted molar refractivity (Wildman–Crippen MR) is 66.9 cm³/mol. The largest absolute Gasteiger partial charge is 0.508 e. The smallest absolute Gasteiger partial charge is 0.194 e. The highest BCUT2D eigenvalue weighted by Crippen LogP contribution is 2.49. The van der Waals surface area contributed by atoms with Crippen molar-refractivity contribution in [3.05, 3.63) is 35.4 Å². The number of carbonyl (C=O) groups excluding carboxylic acids is 1. The van der Waals surface area contributed by atoms with Crippen LogP contribution in [-0.4, -0.2) is 28.2 Å². The third-order valence-electron chi connectivity index (χ3n) is 3.15. The van der Waals surface area contributed by atoms with Crippen molar-refractivity contribution < 1.29 is 24.9 Å². The van der Waals surface area contributed by atoms with Crippen LogP contribution in [0.15, 0.2) is 24.3 Å². The number of ether oxygens (including phenoxy) is 1. The van der Waals surface area contributed by atoms with Crippen molar-refractivity contribution in [1.82, 2.24) is 0 Å². The zero-order valence-electron chi connectivity index (χ0n) is 9.97. The van der Waals surface area contributed by atoms with Gasteiger partial charge in [-0.3, -0.25) is 4.79 Å². The van der Waals surface area contributed by atoms with E-state index in [1.54, 1.807) is 0 Å². The molecule has 0 heterocycles. The predicted octanol–water partition coefficient (Wildman–Crippen LogP) is 2.02. The number of methoxy groups -OCH3 is 1. The second-order valence-electron chi connectivity index (χ2n) is 4.29. The minimum Gasteiger partial charge on any atom is -0.508 e. The number of rotatable bonds is 1. The maximum absolute atomic E-state index is 12.2. The van der Waals surface area contributed by atoms with E-state index < -0.39 is 0 Å². The molecule has 5 nitrogen and oxygen atoms in total. The molecule has 1 aliphatic rings. The number of fused-ring (bicyclic) bond motifs is 3. The van der Waals surface area contributed by atoms with Crippen LogP contribution >= 0.6 is 0 Å². The average molecular weight is 258 g/mol. The molecule has 96 valence electrons. The number of phenols is 3. The fraction of sp³-hybridized carbons (Fsp3) is 0.0714. The van der Waals surface area contributed by atoms with Gasteiger partial charge in [0, 0.05) is 34.4 Å². The molecule has 0 aromatic heterocycles. The number of benzene rings is 2. The molecule has 0 fully saturated rings. The Morgan fingerprint density at radius 2 is 1.47 bits per heavy atom. The van der Waals surface area contributed by atoms with E-state index >= 15 is 0 Å². The first kappa shape index (κ1) is 11.4. The maximum Gasteiger partial charge on any atom is 0.194 e. The molecule has 3 N–H and O–H groups in total. The summed E-state index contributed by atoms with van der Waals surface area (Å²) in [4.78, 5) is 12.2. The van der Waals surface area contributed by atoms with E-state index in [1.807, 2.05) is 0 Å². The summed E-state index contributed by atoms with van der Waals surface area (Å²) >= 11 is 0. The summed E-state index contributed by atoms with van der Waals surface area (Å²) < 4.78 is 5.14. The Balaban J connectivity index is 2.43. The van der Waals surface area contributed by atoms with Gasteiger partial charge in [-0.05, 0) is 12.1 Å². The Morgan fingerprint density at radius 1 is 0.895 bits per heavy atom. The molecule has 1 aliphatic carbocycles. The second kappa shape index (κ2) is 3.65. The standard InChI is InChI=1S/C14H10O5/c1-19-11-5-7(16)3-9-13(11)12-8(14(9)18)2-6(15)4-10(12)17/h2-5,15-17H,1H3. The average Bonchev–Trinajstić information content (AvgIpc) is 2.63. The summed E-state index contributed by atoms with van der Waals surface area (Å²) in [5.74, 6) is -0.569. The number of hydrogen-bond acceptors (Lipinski definition) is 5. The van der Waals surface area contributed by atoms with Crippen LogP contribution in [0.3, 0.4) is 0 Å². The Hall–Kier alpha value is -2.69. The van der Waals surface area contributed by atoms with Crippen LogP contribution in [-0.2, 0) is 0 Å². The lowest BCUT2D eigenvalue weighted by molar-refractivity contribution is 0.104. The summed E-state index contributed by atoms with van der Waals surface area (Å²) in [6.45, 7) is 0. The maximum atomic E-state index is 12.2. The first-order valence-electron chi connectivity index (χ1n) is 5.55. The molecule has 19 heavy (non-hydrogen) atoms. The van der Waals surface area contributed by atoms with E-state index in [9.17, 15) is 20.1 Å². The van der Waals surface area contributed by atoms with Gasteiger partial charge in [0.25, 0.3) is 0 Å². The second-order valence-corrected chi connectivity index (χ2v) is 4.29. The zero-order chi connectivity index (χ0) is 13.7. The zero-order valence-corrected chi connectivity index (χ0v) is 9.97. The van der Waals surface area contributed by atoms with Crippen LogP contribution in [0, 0.1) is 0 Å². The lowest BCUT2D eigenvalue weighted by atomic mass is 10.0.